The molecule has 4 atom stereocenters. The molecule has 2 aromatic rings. The second-order valence-corrected chi connectivity index (χ2v) is 8.32. The van der Waals surface area contributed by atoms with Crippen molar-refractivity contribution in [2.45, 2.75) is 51.4 Å². The van der Waals surface area contributed by atoms with Crippen LogP contribution in [-0.4, -0.2) is 6.61 Å². The van der Waals surface area contributed by atoms with Crippen molar-refractivity contribution in [1.82, 2.24) is 0 Å². The molecule has 132 valence electrons. The molecule has 2 fully saturated rings. The fourth-order valence-electron chi connectivity index (χ4n) is 5.17. The van der Waals surface area contributed by atoms with Gasteiger partial charge in [-0.1, -0.05) is 50.3 Å². The van der Waals surface area contributed by atoms with Crippen LogP contribution in [0, 0.1) is 17.8 Å². The molecule has 0 radical (unpaired) electrons. The van der Waals surface area contributed by atoms with Crippen LogP contribution in [-0.2, 0) is 0 Å². The topological polar surface area (TPSA) is 9.23 Å². The average molecular weight is 335 g/mol. The smallest absolute Gasteiger partial charge is 0.120 e. The van der Waals surface area contributed by atoms with E-state index in [1.807, 2.05) is 0 Å². The van der Waals surface area contributed by atoms with Crippen molar-refractivity contribution in [1.29, 1.82) is 0 Å². The van der Waals surface area contributed by atoms with Crippen LogP contribution in [0.1, 0.15) is 56.9 Å². The van der Waals surface area contributed by atoms with E-state index >= 15 is 0 Å². The highest BCUT2D eigenvalue weighted by atomic mass is 16.5. The SMILES string of the molecule is C=CCOc1ccc2cc(C3CCC4CC(C)CCC4C3)ccc2c1. The normalized spacial score (nSPS) is 29.2. The predicted octanol–water partition coefficient (Wildman–Crippen LogP) is 6.72. The largest absolute Gasteiger partial charge is 0.490 e. The highest BCUT2D eigenvalue weighted by molar-refractivity contribution is 5.84. The monoisotopic (exact) mass is 334 g/mol. The lowest BCUT2D eigenvalue weighted by Crippen LogP contribution is -2.29. The van der Waals surface area contributed by atoms with Crippen molar-refractivity contribution in [2.24, 2.45) is 17.8 Å². The minimum absolute atomic E-state index is 0.562. The Balaban J connectivity index is 1.51. The molecule has 0 aromatic heterocycles. The molecule has 25 heavy (non-hydrogen) atoms. The fourth-order valence-corrected chi connectivity index (χ4v) is 5.17. The number of fused-ring (bicyclic) bond motifs is 2. The fraction of sp³-hybridized carbons (Fsp3) is 0.500. The Morgan fingerprint density at radius 3 is 2.60 bits per heavy atom. The Kier molecular flexibility index (Phi) is 4.83. The molecule has 1 nitrogen and oxygen atoms in total. The highest BCUT2D eigenvalue weighted by Gasteiger charge is 2.34. The zero-order chi connectivity index (χ0) is 17.2. The summed E-state index contributed by atoms with van der Waals surface area (Å²) < 4.78 is 5.66. The maximum absolute atomic E-state index is 5.66. The summed E-state index contributed by atoms with van der Waals surface area (Å²) in [6.45, 7) is 6.71. The van der Waals surface area contributed by atoms with E-state index in [0.29, 0.717) is 6.61 Å². The summed E-state index contributed by atoms with van der Waals surface area (Å²) in [5, 5.41) is 2.60. The molecular weight excluding hydrogens is 304 g/mol. The van der Waals surface area contributed by atoms with E-state index in [1.54, 1.807) is 11.6 Å². The summed E-state index contributed by atoms with van der Waals surface area (Å²) in [5.41, 5.74) is 1.55. The molecule has 0 N–H and O–H groups in total. The minimum atomic E-state index is 0.562. The number of hydrogen-bond acceptors (Lipinski definition) is 1. The van der Waals surface area contributed by atoms with Crippen molar-refractivity contribution in [3.05, 3.63) is 54.6 Å². The van der Waals surface area contributed by atoms with Crippen LogP contribution < -0.4 is 4.74 Å². The van der Waals surface area contributed by atoms with Crippen molar-refractivity contribution in [3.63, 3.8) is 0 Å². The second kappa shape index (κ2) is 7.23. The van der Waals surface area contributed by atoms with Gasteiger partial charge < -0.3 is 4.74 Å². The first-order valence-electron chi connectivity index (χ1n) is 10.0. The third-order valence-corrected chi connectivity index (χ3v) is 6.55. The summed E-state index contributed by atoms with van der Waals surface area (Å²) in [6, 6.07) is 13.5. The van der Waals surface area contributed by atoms with Gasteiger partial charge in [0.05, 0.1) is 0 Å². The van der Waals surface area contributed by atoms with Gasteiger partial charge in [0.25, 0.3) is 0 Å². The van der Waals surface area contributed by atoms with Crippen molar-refractivity contribution in [3.8, 4) is 5.75 Å². The van der Waals surface area contributed by atoms with Gasteiger partial charge in [-0.05, 0) is 84.2 Å². The molecule has 0 saturated heterocycles. The first-order valence-corrected chi connectivity index (χ1v) is 10.0. The molecule has 0 bridgehead atoms. The quantitative estimate of drug-likeness (QED) is 0.564. The van der Waals surface area contributed by atoms with E-state index in [9.17, 15) is 0 Å². The van der Waals surface area contributed by atoms with Gasteiger partial charge in [0.15, 0.2) is 0 Å². The number of hydrogen-bond donors (Lipinski definition) is 0. The van der Waals surface area contributed by atoms with E-state index in [4.69, 9.17) is 4.74 Å². The van der Waals surface area contributed by atoms with E-state index < -0.39 is 0 Å². The summed E-state index contributed by atoms with van der Waals surface area (Å²) in [7, 11) is 0. The van der Waals surface area contributed by atoms with Gasteiger partial charge in [-0.15, -0.1) is 0 Å². The van der Waals surface area contributed by atoms with Gasteiger partial charge in [-0.3, -0.25) is 0 Å². The number of rotatable bonds is 4. The number of ether oxygens (including phenoxy) is 1. The third-order valence-electron chi connectivity index (χ3n) is 6.55. The molecule has 2 aliphatic carbocycles. The lowest BCUT2D eigenvalue weighted by atomic mass is 9.64. The van der Waals surface area contributed by atoms with Crippen molar-refractivity contribution in [2.75, 3.05) is 6.61 Å². The van der Waals surface area contributed by atoms with Crippen LogP contribution in [0.5, 0.6) is 5.75 Å². The van der Waals surface area contributed by atoms with E-state index in [2.05, 4.69) is 49.9 Å². The Labute approximate surface area is 152 Å². The summed E-state index contributed by atoms with van der Waals surface area (Å²) in [4.78, 5) is 0. The first kappa shape index (κ1) is 16.7. The Hall–Kier alpha value is -1.76. The maximum atomic E-state index is 5.66. The Bertz CT molecular complexity index is 747. The minimum Gasteiger partial charge on any atom is -0.490 e. The van der Waals surface area contributed by atoms with Gasteiger partial charge in [0, 0.05) is 0 Å². The van der Waals surface area contributed by atoms with Crippen molar-refractivity contribution < 1.29 is 4.74 Å². The second-order valence-electron chi connectivity index (χ2n) is 8.32. The molecule has 2 aromatic carbocycles. The Morgan fingerprint density at radius 1 is 0.960 bits per heavy atom. The van der Waals surface area contributed by atoms with E-state index in [0.717, 1.165) is 29.4 Å². The molecule has 2 aliphatic rings. The third kappa shape index (κ3) is 3.61. The van der Waals surface area contributed by atoms with Crippen molar-refractivity contribution >= 4 is 10.8 Å². The summed E-state index contributed by atoms with van der Waals surface area (Å²) in [5.74, 6) is 4.62. The van der Waals surface area contributed by atoms with Gasteiger partial charge in [-0.25, -0.2) is 0 Å². The molecule has 0 spiro atoms. The van der Waals surface area contributed by atoms with Crippen LogP contribution in [0.3, 0.4) is 0 Å². The molecule has 0 aliphatic heterocycles. The van der Waals surface area contributed by atoms with Crippen LogP contribution in [0.2, 0.25) is 0 Å². The van der Waals surface area contributed by atoms with Crippen LogP contribution in [0.4, 0.5) is 0 Å². The zero-order valence-corrected chi connectivity index (χ0v) is 15.4. The maximum Gasteiger partial charge on any atom is 0.120 e. The van der Waals surface area contributed by atoms with E-state index in [1.165, 1.54) is 49.3 Å². The molecule has 0 amide bonds. The molecule has 0 heterocycles. The lowest BCUT2D eigenvalue weighted by molar-refractivity contribution is 0.124. The number of benzene rings is 2. The van der Waals surface area contributed by atoms with Crippen LogP contribution >= 0.6 is 0 Å². The highest BCUT2D eigenvalue weighted by Crippen LogP contribution is 2.47. The molecular formula is C24H30O. The zero-order valence-electron chi connectivity index (χ0n) is 15.4. The summed E-state index contributed by atoms with van der Waals surface area (Å²) >= 11 is 0. The predicted molar refractivity (Wildman–Crippen MR) is 106 cm³/mol. The van der Waals surface area contributed by atoms with Gasteiger partial charge in [0.2, 0.25) is 0 Å². The van der Waals surface area contributed by atoms with Gasteiger partial charge in [-0.2, -0.15) is 0 Å². The molecule has 1 heteroatoms. The van der Waals surface area contributed by atoms with Gasteiger partial charge in [0.1, 0.15) is 12.4 Å². The first-order chi connectivity index (χ1) is 12.2. The standard InChI is InChI=1S/C24H30O/c1-3-12-25-24-11-10-22-15-21(8-9-23(22)16-24)20-7-6-18-13-17(2)4-5-19(18)14-20/h3,8-11,15-20H,1,4-7,12-14H2,2H3. The Morgan fingerprint density at radius 2 is 1.72 bits per heavy atom. The molecule has 4 rings (SSSR count). The van der Waals surface area contributed by atoms with Crippen LogP contribution in [0.15, 0.2) is 49.1 Å². The van der Waals surface area contributed by atoms with Gasteiger partial charge >= 0.3 is 0 Å². The average Bonchev–Trinajstić information content (AvgIpc) is 2.65. The molecule has 2 saturated carbocycles. The van der Waals surface area contributed by atoms with Crippen LogP contribution in [0.25, 0.3) is 10.8 Å². The van der Waals surface area contributed by atoms with E-state index in [-0.39, 0.29) is 0 Å². The summed E-state index contributed by atoms with van der Waals surface area (Å²) in [6.07, 6.45) is 10.4. The molecule has 4 unspecified atom stereocenters. The lowest BCUT2D eigenvalue weighted by Gasteiger charge is -2.41.